The van der Waals surface area contributed by atoms with Crippen molar-refractivity contribution in [2.24, 2.45) is 0 Å². The molecule has 1 saturated heterocycles. The van der Waals surface area contributed by atoms with E-state index < -0.39 is 42.2 Å². The summed E-state index contributed by atoms with van der Waals surface area (Å²) in [6.07, 6.45) is -4.68. The van der Waals surface area contributed by atoms with Crippen LogP contribution in [0.15, 0.2) is 34.9 Å². The van der Waals surface area contributed by atoms with E-state index in [2.05, 4.69) is 0 Å². The van der Waals surface area contributed by atoms with E-state index in [1.807, 2.05) is 0 Å². The molecule has 0 radical (unpaired) electrons. The van der Waals surface area contributed by atoms with Crippen LogP contribution in [0.2, 0.25) is 0 Å². The first-order valence-corrected chi connectivity index (χ1v) is 8.29. The molecule has 0 unspecified atom stereocenters. The molecule has 1 fully saturated rings. The maximum Gasteiger partial charge on any atom is 0.229 e. The number of hydrogen-bond acceptors (Lipinski definition) is 8. The lowest BCUT2D eigenvalue weighted by Crippen LogP contribution is -2.59. The van der Waals surface area contributed by atoms with Gasteiger partial charge in [0.05, 0.1) is 6.61 Å². The zero-order valence-electron chi connectivity index (χ0n) is 12.3. The molecule has 1 aliphatic carbocycles. The van der Waals surface area contributed by atoms with Crippen LogP contribution in [0.4, 0.5) is 0 Å². The fourth-order valence-electron chi connectivity index (χ4n) is 3.07. The number of ether oxygens (including phenoxy) is 2. The molecule has 4 rings (SSSR count). The SMILES string of the molecule is O=C1C2=C(S[C@H]3O[C@H](CO)[C@@H](O)[C@H](O)[C@H]3O2)C(=O)c2ccccc21. The molecule has 1 aromatic rings. The molecule has 1 aromatic carbocycles. The van der Waals surface area contributed by atoms with Crippen LogP contribution in [-0.4, -0.2) is 63.3 Å². The number of carbonyl (C=O) groups excluding carboxylic acids is 2. The minimum Gasteiger partial charge on any atom is -0.478 e. The topological polar surface area (TPSA) is 113 Å². The highest BCUT2D eigenvalue weighted by atomic mass is 32.2. The van der Waals surface area contributed by atoms with Gasteiger partial charge >= 0.3 is 0 Å². The van der Waals surface area contributed by atoms with Crippen molar-refractivity contribution in [1.82, 2.24) is 0 Å². The number of rotatable bonds is 1. The molecule has 2 aliphatic heterocycles. The predicted molar refractivity (Wildman–Crippen MR) is 82.4 cm³/mol. The van der Waals surface area contributed by atoms with Gasteiger partial charge in [0.15, 0.2) is 11.9 Å². The number of benzene rings is 1. The Labute approximate surface area is 140 Å². The van der Waals surface area contributed by atoms with Crippen molar-refractivity contribution in [1.29, 1.82) is 0 Å². The number of aliphatic hydroxyl groups excluding tert-OH is 3. The number of Topliss-reactive ketones (excluding diaryl/α,β-unsaturated/α-hetero) is 2. The lowest BCUT2D eigenvalue weighted by Gasteiger charge is -2.44. The number of hydrogen-bond donors (Lipinski definition) is 3. The summed E-state index contributed by atoms with van der Waals surface area (Å²) in [5, 5.41) is 29.4. The van der Waals surface area contributed by atoms with Crippen LogP contribution in [-0.2, 0) is 9.47 Å². The second kappa shape index (κ2) is 5.68. The lowest BCUT2D eigenvalue weighted by atomic mass is 9.93. The second-order valence-corrected chi connectivity index (χ2v) is 6.88. The van der Waals surface area contributed by atoms with Crippen molar-refractivity contribution in [3.8, 4) is 0 Å². The summed E-state index contributed by atoms with van der Waals surface area (Å²) in [4.78, 5) is 25.4. The van der Waals surface area contributed by atoms with Crippen LogP contribution >= 0.6 is 11.8 Å². The number of carbonyl (C=O) groups is 2. The van der Waals surface area contributed by atoms with Crippen LogP contribution in [0.1, 0.15) is 20.7 Å². The molecular weight excluding hydrogens is 336 g/mol. The number of allylic oxidation sites excluding steroid dienone is 2. The van der Waals surface area contributed by atoms with Gasteiger partial charge in [-0.15, -0.1) is 0 Å². The van der Waals surface area contributed by atoms with Crippen LogP contribution < -0.4 is 0 Å². The van der Waals surface area contributed by atoms with Gasteiger partial charge in [-0.2, -0.15) is 0 Å². The zero-order valence-corrected chi connectivity index (χ0v) is 13.1. The van der Waals surface area contributed by atoms with E-state index in [1.54, 1.807) is 24.3 Å². The molecule has 2 heterocycles. The summed E-state index contributed by atoms with van der Waals surface area (Å²) < 4.78 is 11.1. The van der Waals surface area contributed by atoms with E-state index in [1.165, 1.54) is 0 Å². The summed E-state index contributed by atoms with van der Waals surface area (Å²) in [5.74, 6) is -0.896. The third-order valence-corrected chi connectivity index (χ3v) is 5.57. The molecule has 0 saturated carbocycles. The third-order valence-electron chi connectivity index (χ3n) is 4.35. The number of ketones is 2. The van der Waals surface area contributed by atoms with Gasteiger partial charge in [0.1, 0.15) is 28.7 Å². The highest BCUT2D eigenvalue weighted by molar-refractivity contribution is 8.04. The van der Waals surface area contributed by atoms with Gasteiger partial charge in [0.2, 0.25) is 11.6 Å². The quantitative estimate of drug-likeness (QED) is 0.641. The van der Waals surface area contributed by atoms with Crippen molar-refractivity contribution >= 4 is 23.3 Å². The van der Waals surface area contributed by atoms with Gasteiger partial charge in [-0.1, -0.05) is 36.0 Å². The van der Waals surface area contributed by atoms with Crippen LogP contribution in [0.25, 0.3) is 0 Å². The third kappa shape index (κ3) is 2.15. The largest absolute Gasteiger partial charge is 0.478 e. The Balaban J connectivity index is 1.73. The van der Waals surface area contributed by atoms with E-state index in [0.29, 0.717) is 5.56 Å². The van der Waals surface area contributed by atoms with Crippen LogP contribution in [0.5, 0.6) is 0 Å². The zero-order chi connectivity index (χ0) is 17.0. The Bertz CT molecular complexity index is 759. The molecule has 5 atom stereocenters. The molecular formula is C16H14O7S. The van der Waals surface area contributed by atoms with Gasteiger partial charge < -0.3 is 24.8 Å². The summed E-state index contributed by atoms with van der Waals surface area (Å²) in [7, 11) is 0. The lowest BCUT2D eigenvalue weighted by molar-refractivity contribution is -0.210. The Morgan fingerprint density at radius 1 is 1.04 bits per heavy atom. The summed E-state index contributed by atoms with van der Waals surface area (Å²) in [6, 6.07) is 6.45. The average molecular weight is 350 g/mol. The molecule has 7 nitrogen and oxygen atoms in total. The highest BCUT2D eigenvalue weighted by Gasteiger charge is 2.51. The summed E-state index contributed by atoms with van der Waals surface area (Å²) in [6.45, 7) is -0.483. The first-order chi connectivity index (χ1) is 11.5. The van der Waals surface area contributed by atoms with E-state index in [9.17, 15) is 24.9 Å². The maximum absolute atomic E-state index is 12.6. The van der Waals surface area contributed by atoms with Gasteiger partial charge in [-0.3, -0.25) is 9.59 Å². The van der Waals surface area contributed by atoms with Crippen molar-refractivity contribution < 1.29 is 34.4 Å². The van der Waals surface area contributed by atoms with Crippen molar-refractivity contribution in [3.63, 3.8) is 0 Å². The summed E-state index contributed by atoms with van der Waals surface area (Å²) >= 11 is 0.980. The molecule has 0 aromatic heterocycles. The van der Waals surface area contributed by atoms with Gasteiger partial charge in [0, 0.05) is 11.1 Å². The molecule has 126 valence electrons. The van der Waals surface area contributed by atoms with E-state index in [-0.39, 0.29) is 22.0 Å². The minimum atomic E-state index is -1.35. The van der Waals surface area contributed by atoms with E-state index >= 15 is 0 Å². The standard InChI is InChI=1S/C16H14O7S/c17-5-8-11(20)12(21)14-16(22-8)24-15-10(19)7-4-2-1-3-6(7)9(18)13(15)23-14/h1-4,8,11-12,14,16-17,20-21H,5H2/t8-,11-,12+,14-,16-/m1/s1. The summed E-state index contributed by atoms with van der Waals surface area (Å²) in [5.41, 5.74) is -0.257. The van der Waals surface area contributed by atoms with Gasteiger partial charge in [0.25, 0.3) is 0 Å². The molecule has 0 amide bonds. The normalized spacial score (nSPS) is 35.0. The Hall–Kier alpha value is -1.71. The Morgan fingerprint density at radius 3 is 2.38 bits per heavy atom. The van der Waals surface area contributed by atoms with Crippen molar-refractivity contribution in [3.05, 3.63) is 46.1 Å². The second-order valence-electron chi connectivity index (χ2n) is 5.77. The fraction of sp³-hybridized carbons (Fsp3) is 0.375. The Kier molecular flexibility index (Phi) is 3.74. The molecule has 24 heavy (non-hydrogen) atoms. The van der Waals surface area contributed by atoms with Gasteiger partial charge in [-0.05, 0) is 0 Å². The highest BCUT2D eigenvalue weighted by Crippen LogP contribution is 2.45. The number of aliphatic hydroxyl groups is 3. The smallest absolute Gasteiger partial charge is 0.229 e. The van der Waals surface area contributed by atoms with Gasteiger partial charge in [-0.25, -0.2) is 0 Å². The maximum atomic E-state index is 12.6. The predicted octanol–water partition coefficient (Wildman–Crippen LogP) is -0.152. The van der Waals surface area contributed by atoms with Crippen LogP contribution in [0.3, 0.4) is 0 Å². The molecule has 3 N–H and O–H groups in total. The molecule has 8 heteroatoms. The minimum absolute atomic E-state index is 0.123. The average Bonchev–Trinajstić information content (AvgIpc) is 2.61. The molecule has 0 bridgehead atoms. The molecule has 0 spiro atoms. The number of thioether (sulfide) groups is 1. The molecule has 3 aliphatic rings. The monoisotopic (exact) mass is 350 g/mol. The fourth-order valence-corrected chi connectivity index (χ4v) is 4.32. The first kappa shape index (κ1) is 15.8. The van der Waals surface area contributed by atoms with E-state index in [4.69, 9.17) is 9.47 Å². The Morgan fingerprint density at radius 2 is 1.71 bits per heavy atom. The van der Waals surface area contributed by atoms with Crippen molar-refractivity contribution in [2.45, 2.75) is 29.9 Å². The first-order valence-electron chi connectivity index (χ1n) is 7.41. The van der Waals surface area contributed by atoms with Crippen LogP contribution in [0, 0.1) is 0 Å². The number of fused-ring (bicyclic) bond motifs is 2. The van der Waals surface area contributed by atoms with Crippen molar-refractivity contribution in [2.75, 3.05) is 6.61 Å². The van der Waals surface area contributed by atoms with E-state index in [0.717, 1.165) is 11.8 Å².